The molecule has 0 aliphatic rings. The fourth-order valence-corrected chi connectivity index (χ4v) is 2.52. The Hall–Kier alpha value is -3.95. The maximum Gasteiger partial charge on any atom is 0.345 e. The minimum atomic E-state index is -0.870. The first-order valence-corrected chi connectivity index (χ1v) is 7.71. The van der Waals surface area contributed by atoms with Crippen molar-refractivity contribution in [3.63, 3.8) is 0 Å². The van der Waals surface area contributed by atoms with E-state index in [2.05, 4.69) is 9.97 Å². The summed E-state index contributed by atoms with van der Waals surface area (Å²) in [6, 6.07) is 9.05. The Labute approximate surface area is 151 Å². The van der Waals surface area contributed by atoms with Crippen molar-refractivity contribution in [2.75, 3.05) is 7.11 Å². The van der Waals surface area contributed by atoms with Crippen molar-refractivity contribution in [1.82, 2.24) is 14.5 Å². The number of aliphatic hydroxyl groups is 1. The molecule has 0 fully saturated rings. The Morgan fingerprint density at radius 3 is 2.74 bits per heavy atom. The number of carbonyl (C=O) groups is 1. The van der Waals surface area contributed by atoms with E-state index in [1.807, 2.05) is 0 Å². The molecule has 0 bridgehead atoms. The third-order valence-corrected chi connectivity index (χ3v) is 3.80. The number of methoxy groups -OCH3 is 1. The van der Waals surface area contributed by atoms with Crippen molar-refractivity contribution < 1.29 is 19.6 Å². The molecule has 27 heavy (non-hydrogen) atoms. The fraction of sp³-hybridized carbons (Fsp3) is 0.118. The molecule has 3 aromatic rings. The Bertz CT molecular complexity index is 1090. The van der Waals surface area contributed by atoms with E-state index in [0.717, 1.165) is 30.0 Å². The second-order valence-corrected chi connectivity index (χ2v) is 5.53. The number of aromatic amines is 1. The number of nitro groups is 1. The molecule has 0 amide bonds. The summed E-state index contributed by atoms with van der Waals surface area (Å²) in [7, 11) is 1.14. The van der Waals surface area contributed by atoms with Gasteiger partial charge >= 0.3 is 5.97 Å². The van der Waals surface area contributed by atoms with Crippen molar-refractivity contribution in [2.24, 2.45) is 0 Å². The van der Waals surface area contributed by atoms with Crippen LogP contribution >= 0.6 is 0 Å². The highest BCUT2D eigenvalue weighted by atomic mass is 16.6. The number of rotatable bonds is 5. The highest BCUT2D eigenvalue weighted by molar-refractivity contribution is 6.16. The summed E-state index contributed by atoms with van der Waals surface area (Å²) >= 11 is 0. The van der Waals surface area contributed by atoms with Gasteiger partial charge in [-0.05, 0) is 12.1 Å². The van der Waals surface area contributed by atoms with Crippen LogP contribution in [0.1, 0.15) is 5.82 Å². The fourth-order valence-electron chi connectivity index (χ4n) is 2.52. The van der Waals surface area contributed by atoms with Crippen LogP contribution in [0, 0.1) is 10.1 Å². The van der Waals surface area contributed by atoms with E-state index in [1.54, 1.807) is 24.3 Å². The van der Waals surface area contributed by atoms with E-state index < -0.39 is 28.8 Å². The van der Waals surface area contributed by atoms with Crippen LogP contribution in [0.15, 0.2) is 53.1 Å². The third kappa shape index (κ3) is 3.54. The zero-order valence-corrected chi connectivity index (χ0v) is 14.1. The van der Waals surface area contributed by atoms with Gasteiger partial charge in [0.15, 0.2) is 0 Å². The van der Waals surface area contributed by atoms with Crippen molar-refractivity contribution in [3.05, 3.63) is 74.6 Å². The molecule has 0 unspecified atom stereocenters. The maximum absolute atomic E-state index is 12.2. The molecule has 0 aliphatic heterocycles. The number of esters is 1. The smallest absolute Gasteiger partial charge is 0.345 e. The molecule has 3 rings (SSSR count). The minimum absolute atomic E-state index is 0.0547. The lowest BCUT2D eigenvalue weighted by Gasteiger charge is -2.09. The predicted molar refractivity (Wildman–Crippen MR) is 95.0 cm³/mol. The highest BCUT2D eigenvalue weighted by Gasteiger charge is 2.23. The predicted octanol–water partition coefficient (Wildman–Crippen LogP) is 1.78. The standard InChI is InChI=1S/C17H14N4O6/c1-27-17(24)15(16-18-11-4-2-3-5-12(11)19-16)13(22)9-20-8-10(21(25)26)6-7-14(20)23/h2-8,22H,9H2,1H3,(H,18,19)/b15-13+. The van der Waals surface area contributed by atoms with E-state index >= 15 is 0 Å². The van der Waals surface area contributed by atoms with E-state index in [1.165, 1.54) is 0 Å². The zero-order chi connectivity index (χ0) is 19.6. The van der Waals surface area contributed by atoms with Gasteiger partial charge in [-0.25, -0.2) is 9.78 Å². The minimum Gasteiger partial charge on any atom is -0.509 e. The van der Waals surface area contributed by atoms with Gasteiger partial charge in [0.1, 0.15) is 17.2 Å². The van der Waals surface area contributed by atoms with Crippen LogP contribution in [0.5, 0.6) is 0 Å². The lowest BCUT2D eigenvalue weighted by Crippen LogP contribution is -2.21. The Morgan fingerprint density at radius 2 is 2.07 bits per heavy atom. The quantitative estimate of drug-likeness (QED) is 0.229. The van der Waals surface area contributed by atoms with Gasteiger partial charge in [-0.3, -0.25) is 14.9 Å². The van der Waals surface area contributed by atoms with E-state index in [4.69, 9.17) is 4.74 Å². The summed E-state index contributed by atoms with van der Waals surface area (Å²) in [5.41, 5.74) is 0.0160. The first-order chi connectivity index (χ1) is 12.9. The number of ether oxygens (including phenoxy) is 1. The summed E-state index contributed by atoms with van der Waals surface area (Å²) in [5.74, 6) is -1.34. The summed E-state index contributed by atoms with van der Waals surface area (Å²) < 4.78 is 5.62. The molecule has 0 atom stereocenters. The Morgan fingerprint density at radius 1 is 1.33 bits per heavy atom. The summed E-state index contributed by atoms with van der Waals surface area (Å²) in [5, 5.41) is 21.4. The number of fused-ring (bicyclic) bond motifs is 1. The van der Waals surface area contributed by atoms with Gasteiger partial charge in [0.05, 0.1) is 35.8 Å². The number of pyridine rings is 1. The molecule has 10 nitrogen and oxygen atoms in total. The molecule has 2 aromatic heterocycles. The number of nitrogens with one attached hydrogen (secondary N) is 1. The van der Waals surface area contributed by atoms with Gasteiger partial charge in [0, 0.05) is 12.1 Å². The number of benzene rings is 1. The van der Waals surface area contributed by atoms with Crippen LogP contribution in [0.25, 0.3) is 16.6 Å². The number of hydrogen-bond acceptors (Lipinski definition) is 7. The van der Waals surface area contributed by atoms with Gasteiger partial charge < -0.3 is 19.4 Å². The molecular formula is C17H14N4O6. The number of carbonyl (C=O) groups excluding carboxylic acids is 1. The normalized spacial score (nSPS) is 11.9. The van der Waals surface area contributed by atoms with Crippen LogP contribution in [0.4, 0.5) is 5.69 Å². The molecule has 0 aliphatic carbocycles. The molecule has 0 saturated heterocycles. The molecule has 10 heteroatoms. The molecular weight excluding hydrogens is 356 g/mol. The first-order valence-electron chi connectivity index (χ1n) is 7.71. The number of aromatic nitrogens is 3. The summed E-state index contributed by atoms with van der Waals surface area (Å²) in [6.45, 7) is -0.470. The first kappa shape index (κ1) is 17.9. The second-order valence-electron chi connectivity index (χ2n) is 5.53. The van der Waals surface area contributed by atoms with Crippen molar-refractivity contribution >= 4 is 28.3 Å². The lowest BCUT2D eigenvalue weighted by atomic mass is 10.2. The highest BCUT2D eigenvalue weighted by Crippen LogP contribution is 2.21. The number of imidazole rings is 1. The maximum atomic E-state index is 12.2. The summed E-state index contributed by atoms with van der Waals surface area (Å²) in [4.78, 5) is 41.5. The van der Waals surface area contributed by atoms with E-state index in [0.29, 0.717) is 11.0 Å². The van der Waals surface area contributed by atoms with Crippen LogP contribution in [0.3, 0.4) is 0 Å². The van der Waals surface area contributed by atoms with Gasteiger partial charge in [0.2, 0.25) is 0 Å². The molecule has 0 saturated carbocycles. The largest absolute Gasteiger partial charge is 0.509 e. The van der Waals surface area contributed by atoms with Crippen molar-refractivity contribution in [2.45, 2.75) is 6.54 Å². The summed E-state index contributed by atoms with van der Waals surface area (Å²) in [6.07, 6.45) is 0.978. The number of allylic oxidation sites excluding steroid dienone is 1. The average molecular weight is 370 g/mol. The Balaban J connectivity index is 2.09. The van der Waals surface area contributed by atoms with E-state index in [-0.39, 0.29) is 17.1 Å². The van der Waals surface area contributed by atoms with Gasteiger partial charge in [-0.2, -0.15) is 0 Å². The van der Waals surface area contributed by atoms with Crippen LogP contribution in [0.2, 0.25) is 0 Å². The SMILES string of the molecule is COC(=O)/C(=C(/O)Cn1cc([N+](=O)[O-])ccc1=O)c1nc2ccccc2[nH]1. The number of para-hydroxylation sites is 2. The monoisotopic (exact) mass is 370 g/mol. The molecule has 2 N–H and O–H groups in total. The number of nitrogens with zero attached hydrogens (tertiary/aromatic N) is 3. The number of hydrogen-bond donors (Lipinski definition) is 2. The second kappa shape index (κ2) is 7.12. The van der Waals surface area contributed by atoms with Crippen LogP contribution < -0.4 is 5.56 Å². The third-order valence-electron chi connectivity index (χ3n) is 3.80. The number of aliphatic hydroxyl groups excluding tert-OH is 1. The molecule has 138 valence electrons. The van der Waals surface area contributed by atoms with Crippen molar-refractivity contribution in [3.8, 4) is 0 Å². The van der Waals surface area contributed by atoms with Gasteiger partial charge in [0.25, 0.3) is 11.2 Å². The van der Waals surface area contributed by atoms with Crippen LogP contribution in [-0.4, -0.2) is 37.6 Å². The van der Waals surface area contributed by atoms with Crippen LogP contribution in [-0.2, 0) is 16.1 Å². The average Bonchev–Trinajstić information content (AvgIpc) is 3.06. The van der Waals surface area contributed by atoms with Crippen molar-refractivity contribution in [1.29, 1.82) is 0 Å². The lowest BCUT2D eigenvalue weighted by molar-refractivity contribution is -0.385. The molecule has 1 aromatic carbocycles. The topological polar surface area (TPSA) is 140 Å². The molecule has 2 heterocycles. The van der Waals surface area contributed by atoms with Gasteiger partial charge in [-0.15, -0.1) is 0 Å². The zero-order valence-electron chi connectivity index (χ0n) is 14.1. The van der Waals surface area contributed by atoms with E-state index in [9.17, 15) is 24.8 Å². The molecule has 0 spiro atoms. The Kier molecular flexibility index (Phi) is 4.71. The van der Waals surface area contributed by atoms with Gasteiger partial charge in [-0.1, -0.05) is 12.1 Å². The molecule has 0 radical (unpaired) electrons. The number of H-pyrrole nitrogens is 1.